The minimum absolute atomic E-state index is 0.0145. The molecule has 2 heterocycles. The van der Waals surface area contributed by atoms with Crippen LogP contribution in [0.2, 0.25) is 0 Å². The summed E-state index contributed by atoms with van der Waals surface area (Å²) in [5.74, 6) is 0.786. The van der Waals surface area contributed by atoms with Gasteiger partial charge in [0.15, 0.2) is 0 Å². The number of ether oxygens (including phenoxy) is 1. The van der Waals surface area contributed by atoms with Crippen LogP contribution in [0.4, 0.5) is 4.79 Å². The van der Waals surface area contributed by atoms with Gasteiger partial charge in [0.05, 0.1) is 18.7 Å². The lowest BCUT2D eigenvalue weighted by Gasteiger charge is -2.23. The normalized spacial score (nSPS) is 22.3. The van der Waals surface area contributed by atoms with Gasteiger partial charge in [-0.05, 0) is 20.8 Å². The summed E-state index contributed by atoms with van der Waals surface area (Å²) in [4.78, 5) is 23.6. The number of likely N-dealkylation sites (tertiary alicyclic amines) is 1. The van der Waals surface area contributed by atoms with Gasteiger partial charge >= 0.3 is 6.03 Å². The third-order valence-electron chi connectivity index (χ3n) is 4.13. The number of rotatable bonds is 5. The van der Waals surface area contributed by atoms with Gasteiger partial charge in [-0.25, -0.2) is 9.78 Å². The van der Waals surface area contributed by atoms with Gasteiger partial charge in [0, 0.05) is 45.2 Å². The van der Waals surface area contributed by atoms with Gasteiger partial charge in [0.2, 0.25) is 0 Å². The molecule has 1 aliphatic rings. The summed E-state index contributed by atoms with van der Waals surface area (Å²) < 4.78 is 5.51. The first-order valence-electron chi connectivity index (χ1n) is 7.69. The molecule has 0 aromatic carbocycles. The minimum Gasteiger partial charge on any atom is -0.378 e. The Kier molecular flexibility index (Phi) is 5.42. The molecule has 1 aliphatic heterocycles. The van der Waals surface area contributed by atoms with Gasteiger partial charge in [-0.15, -0.1) is 0 Å². The van der Waals surface area contributed by atoms with Crippen LogP contribution >= 0.6 is 0 Å². The number of nitrogens with zero attached hydrogens (tertiary/aromatic N) is 3. The van der Waals surface area contributed by atoms with Crippen molar-refractivity contribution in [3.63, 3.8) is 0 Å². The van der Waals surface area contributed by atoms with E-state index in [0.717, 1.165) is 24.6 Å². The lowest BCUT2D eigenvalue weighted by atomic mass is 10.2. The average Bonchev–Trinajstić information content (AvgIpc) is 3.05. The first kappa shape index (κ1) is 16.8. The van der Waals surface area contributed by atoms with E-state index in [1.165, 1.54) is 0 Å². The lowest BCUT2D eigenvalue weighted by Crippen LogP contribution is -2.48. The highest BCUT2D eigenvalue weighted by molar-refractivity contribution is 5.74. The maximum Gasteiger partial charge on any atom is 0.317 e. The Morgan fingerprint density at radius 2 is 2.32 bits per heavy atom. The van der Waals surface area contributed by atoms with Crippen molar-refractivity contribution in [2.75, 3.05) is 27.2 Å². The van der Waals surface area contributed by atoms with Crippen molar-refractivity contribution in [1.29, 1.82) is 0 Å². The fraction of sp³-hybridized carbons (Fsp3) is 0.733. The number of aryl methyl sites for hydroxylation is 1. The summed E-state index contributed by atoms with van der Waals surface area (Å²) in [6, 6.07) is 0.357. The molecule has 0 bridgehead atoms. The van der Waals surface area contributed by atoms with E-state index < -0.39 is 0 Å². The molecule has 0 radical (unpaired) electrons. The lowest BCUT2D eigenvalue weighted by molar-refractivity contribution is 0.0873. The molecule has 7 heteroatoms. The molecule has 124 valence electrons. The number of carbonyl (C=O) groups excluding carboxylic acids is 1. The number of urea groups is 1. The molecule has 1 aromatic rings. The highest BCUT2D eigenvalue weighted by Gasteiger charge is 2.35. The smallest absolute Gasteiger partial charge is 0.317 e. The Balaban J connectivity index is 1.90. The van der Waals surface area contributed by atoms with Crippen LogP contribution in [0.25, 0.3) is 0 Å². The van der Waals surface area contributed by atoms with Crippen molar-refractivity contribution in [1.82, 2.24) is 25.1 Å². The molecule has 2 amide bonds. The monoisotopic (exact) mass is 309 g/mol. The molecule has 0 aliphatic carbocycles. The van der Waals surface area contributed by atoms with E-state index in [9.17, 15) is 4.79 Å². The molecular formula is C15H27N5O2. The first-order valence-corrected chi connectivity index (χ1v) is 7.69. The molecule has 7 nitrogen and oxygen atoms in total. The van der Waals surface area contributed by atoms with E-state index in [0.29, 0.717) is 12.6 Å². The molecule has 1 aromatic heterocycles. The third kappa shape index (κ3) is 3.98. The van der Waals surface area contributed by atoms with E-state index >= 15 is 0 Å². The van der Waals surface area contributed by atoms with Crippen LogP contribution in [0.5, 0.6) is 0 Å². The van der Waals surface area contributed by atoms with Crippen LogP contribution in [0.3, 0.4) is 0 Å². The number of hydrogen-bond acceptors (Lipinski definition) is 4. The Labute approximate surface area is 132 Å². The number of nitrogens with one attached hydrogen (secondary N) is 2. The van der Waals surface area contributed by atoms with Crippen molar-refractivity contribution in [2.45, 2.75) is 45.5 Å². The van der Waals surface area contributed by atoms with Crippen molar-refractivity contribution in [2.24, 2.45) is 0 Å². The van der Waals surface area contributed by atoms with Gasteiger partial charge in [-0.1, -0.05) is 0 Å². The summed E-state index contributed by atoms with van der Waals surface area (Å²) in [5.41, 5.74) is 0.992. The van der Waals surface area contributed by atoms with Crippen LogP contribution < -0.4 is 5.32 Å². The van der Waals surface area contributed by atoms with Gasteiger partial charge in [-0.3, -0.25) is 4.90 Å². The van der Waals surface area contributed by atoms with Gasteiger partial charge < -0.3 is 19.9 Å². The summed E-state index contributed by atoms with van der Waals surface area (Å²) in [6.45, 7) is 8.37. The SMILES string of the molecule is CO[C@H]1CN(C(C)C)C[C@@H]1NC(=O)N(C)Cc1ncc(C)[nH]1. The van der Waals surface area contributed by atoms with Crippen LogP contribution in [-0.4, -0.2) is 71.2 Å². The maximum absolute atomic E-state index is 12.3. The molecule has 1 fully saturated rings. The van der Waals surface area contributed by atoms with Gasteiger partial charge in [-0.2, -0.15) is 0 Å². The van der Waals surface area contributed by atoms with Crippen LogP contribution in [-0.2, 0) is 11.3 Å². The third-order valence-corrected chi connectivity index (χ3v) is 4.13. The Morgan fingerprint density at radius 3 is 2.86 bits per heavy atom. The number of methoxy groups -OCH3 is 1. The average molecular weight is 309 g/mol. The zero-order valence-electron chi connectivity index (χ0n) is 14.1. The van der Waals surface area contributed by atoms with E-state index in [1.54, 1.807) is 25.3 Å². The summed E-state index contributed by atoms with van der Waals surface area (Å²) in [5, 5.41) is 3.07. The first-order chi connectivity index (χ1) is 10.4. The van der Waals surface area contributed by atoms with Crippen molar-refractivity contribution in [3.05, 3.63) is 17.7 Å². The molecular weight excluding hydrogens is 282 g/mol. The highest BCUT2D eigenvalue weighted by Crippen LogP contribution is 2.16. The van der Waals surface area contributed by atoms with Gasteiger partial charge in [0.1, 0.15) is 5.82 Å². The van der Waals surface area contributed by atoms with E-state index in [1.807, 2.05) is 6.92 Å². The predicted octanol–water partition coefficient (Wildman–Crippen LogP) is 0.967. The quantitative estimate of drug-likeness (QED) is 0.850. The Morgan fingerprint density at radius 1 is 1.59 bits per heavy atom. The molecule has 0 saturated carbocycles. The van der Waals surface area contributed by atoms with Crippen LogP contribution in [0.15, 0.2) is 6.20 Å². The van der Waals surface area contributed by atoms with E-state index in [-0.39, 0.29) is 18.2 Å². The number of amides is 2. The number of aromatic amines is 1. The predicted molar refractivity (Wildman–Crippen MR) is 84.6 cm³/mol. The fourth-order valence-electron chi connectivity index (χ4n) is 2.71. The Bertz CT molecular complexity index is 502. The summed E-state index contributed by atoms with van der Waals surface area (Å²) in [6.07, 6.45) is 1.80. The molecule has 1 saturated heterocycles. The molecule has 2 rings (SSSR count). The van der Waals surface area contributed by atoms with Crippen LogP contribution in [0, 0.1) is 6.92 Å². The minimum atomic E-state index is -0.105. The topological polar surface area (TPSA) is 73.5 Å². The molecule has 0 unspecified atom stereocenters. The van der Waals surface area contributed by atoms with Crippen molar-refractivity contribution in [3.8, 4) is 0 Å². The van der Waals surface area contributed by atoms with Crippen molar-refractivity contribution < 1.29 is 9.53 Å². The van der Waals surface area contributed by atoms with E-state index in [2.05, 4.69) is 34.0 Å². The number of H-pyrrole nitrogens is 1. The van der Waals surface area contributed by atoms with Crippen molar-refractivity contribution >= 4 is 6.03 Å². The molecule has 2 atom stereocenters. The zero-order chi connectivity index (χ0) is 16.3. The van der Waals surface area contributed by atoms with E-state index in [4.69, 9.17) is 4.74 Å². The molecule has 2 N–H and O–H groups in total. The zero-order valence-corrected chi connectivity index (χ0v) is 14.1. The highest BCUT2D eigenvalue weighted by atomic mass is 16.5. The fourth-order valence-corrected chi connectivity index (χ4v) is 2.71. The van der Waals surface area contributed by atoms with Crippen LogP contribution in [0.1, 0.15) is 25.4 Å². The number of carbonyl (C=O) groups is 1. The number of aromatic nitrogens is 2. The second-order valence-electron chi connectivity index (χ2n) is 6.25. The second-order valence-corrected chi connectivity index (χ2v) is 6.25. The molecule has 22 heavy (non-hydrogen) atoms. The number of hydrogen-bond donors (Lipinski definition) is 2. The number of imidazole rings is 1. The maximum atomic E-state index is 12.3. The van der Waals surface area contributed by atoms with Gasteiger partial charge in [0.25, 0.3) is 0 Å². The molecule has 0 spiro atoms. The standard InChI is InChI=1S/C15H27N5O2/c1-10(2)20-7-12(13(8-20)22-5)18-15(21)19(4)9-14-16-6-11(3)17-14/h6,10,12-13H,7-9H2,1-5H3,(H,16,17)(H,18,21)/t12-,13-/m0/s1. The second kappa shape index (κ2) is 7.11. The largest absolute Gasteiger partial charge is 0.378 e. The summed E-state index contributed by atoms with van der Waals surface area (Å²) in [7, 11) is 3.47. The summed E-state index contributed by atoms with van der Waals surface area (Å²) >= 11 is 0. The Hall–Kier alpha value is -1.60.